The van der Waals surface area contributed by atoms with Crippen LogP contribution in [-0.4, -0.2) is 39.9 Å². The largest absolute Gasteiger partial charge is 0.370 e. The fourth-order valence-electron chi connectivity index (χ4n) is 3.62. The van der Waals surface area contributed by atoms with Crippen LogP contribution in [0.4, 0.5) is 0 Å². The first-order chi connectivity index (χ1) is 13.1. The molecular formula is C22H25N3O2. The third kappa shape index (κ3) is 3.60. The molecule has 1 aliphatic rings. The van der Waals surface area contributed by atoms with Crippen molar-refractivity contribution in [1.29, 1.82) is 0 Å². The minimum atomic E-state index is -0.0899. The number of nitrogens with zero attached hydrogens (tertiary/aromatic N) is 3. The van der Waals surface area contributed by atoms with Gasteiger partial charge in [0.15, 0.2) is 5.69 Å². The predicted molar refractivity (Wildman–Crippen MR) is 105 cm³/mol. The smallest absolute Gasteiger partial charge is 0.274 e. The minimum Gasteiger partial charge on any atom is -0.370 e. The zero-order chi connectivity index (χ0) is 18.8. The van der Waals surface area contributed by atoms with E-state index in [2.05, 4.69) is 13.8 Å². The Labute approximate surface area is 159 Å². The van der Waals surface area contributed by atoms with Gasteiger partial charge in [-0.1, -0.05) is 50.2 Å². The van der Waals surface area contributed by atoms with Gasteiger partial charge in [-0.3, -0.25) is 4.79 Å². The van der Waals surface area contributed by atoms with Gasteiger partial charge in [0.05, 0.1) is 18.7 Å². The number of hydrogen-bond donors (Lipinski definition) is 0. The van der Waals surface area contributed by atoms with E-state index >= 15 is 0 Å². The molecule has 0 radical (unpaired) electrons. The Morgan fingerprint density at radius 2 is 1.96 bits per heavy atom. The van der Waals surface area contributed by atoms with Crippen molar-refractivity contribution in [2.45, 2.75) is 26.4 Å². The number of carbonyl (C=O) groups excluding carboxylic acids is 1. The second-order valence-corrected chi connectivity index (χ2v) is 7.45. The standard InChI is InChI=1S/C22H25N3O2/c1-16(2)14-20-23-21(18-10-6-7-11-25(18)20)22(26)24-12-13-27-19(15-24)17-8-4-3-5-9-17/h3-11,16,19H,12-15H2,1-2H3. The van der Waals surface area contributed by atoms with Gasteiger partial charge >= 0.3 is 0 Å². The predicted octanol–water partition coefficient (Wildman–Crippen LogP) is 3.75. The van der Waals surface area contributed by atoms with Crippen LogP contribution in [0.25, 0.3) is 5.52 Å². The number of ether oxygens (including phenoxy) is 1. The van der Waals surface area contributed by atoms with Gasteiger partial charge in [-0.25, -0.2) is 4.98 Å². The van der Waals surface area contributed by atoms with Crippen molar-refractivity contribution in [3.05, 3.63) is 71.8 Å². The Morgan fingerprint density at radius 3 is 2.74 bits per heavy atom. The van der Waals surface area contributed by atoms with Crippen LogP contribution in [0.1, 0.15) is 41.8 Å². The molecule has 1 fully saturated rings. The molecule has 0 N–H and O–H groups in total. The molecule has 1 atom stereocenters. The summed E-state index contributed by atoms with van der Waals surface area (Å²) in [4.78, 5) is 19.9. The van der Waals surface area contributed by atoms with Crippen LogP contribution in [0.2, 0.25) is 0 Å². The molecule has 1 saturated heterocycles. The summed E-state index contributed by atoms with van der Waals surface area (Å²) in [5.41, 5.74) is 2.52. The fraction of sp³-hybridized carbons (Fsp3) is 0.364. The fourth-order valence-corrected chi connectivity index (χ4v) is 3.62. The molecule has 2 aromatic heterocycles. The molecule has 3 heterocycles. The van der Waals surface area contributed by atoms with Crippen molar-refractivity contribution in [3.63, 3.8) is 0 Å². The first kappa shape index (κ1) is 17.7. The lowest BCUT2D eigenvalue weighted by atomic mass is 10.1. The van der Waals surface area contributed by atoms with Crippen LogP contribution >= 0.6 is 0 Å². The molecular weight excluding hydrogens is 338 g/mol. The summed E-state index contributed by atoms with van der Waals surface area (Å²) in [6.07, 6.45) is 2.74. The van der Waals surface area contributed by atoms with Crippen LogP contribution in [0.5, 0.6) is 0 Å². The Balaban J connectivity index is 1.62. The van der Waals surface area contributed by atoms with Gasteiger partial charge in [-0.05, 0) is 23.6 Å². The number of rotatable bonds is 4. The highest BCUT2D eigenvalue weighted by Crippen LogP contribution is 2.24. The molecule has 5 nitrogen and oxygen atoms in total. The lowest BCUT2D eigenvalue weighted by Gasteiger charge is -2.32. The van der Waals surface area contributed by atoms with E-state index in [1.807, 2.05) is 64.0 Å². The van der Waals surface area contributed by atoms with Crippen molar-refractivity contribution in [2.24, 2.45) is 5.92 Å². The summed E-state index contributed by atoms with van der Waals surface area (Å²) in [5.74, 6) is 1.40. The van der Waals surface area contributed by atoms with Gasteiger partial charge in [0.25, 0.3) is 5.91 Å². The molecule has 0 bridgehead atoms. The van der Waals surface area contributed by atoms with Crippen LogP contribution in [-0.2, 0) is 11.2 Å². The molecule has 1 aromatic carbocycles. The molecule has 0 aliphatic carbocycles. The van der Waals surface area contributed by atoms with Crippen molar-refractivity contribution >= 4 is 11.4 Å². The number of morpholine rings is 1. The van der Waals surface area contributed by atoms with Crippen molar-refractivity contribution in [3.8, 4) is 0 Å². The summed E-state index contributed by atoms with van der Waals surface area (Å²) in [5, 5.41) is 0. The summed E-state index contributed by atoms with van der Waals surface area (Å²) >= 11 is 0. The zero-order valence-electron chi connectivity index (χ0n) is 15.8. The van der Waals surface area contributed by atoms with Crippen LogP contribution in [0, 0.1) is 5.92 Å². The van der Waals surface area contributed by atoms with Crippen molar-refractivity contribution in [1.82, 2.24) is 14.3 Å². The summed E-state index contributed by atoms with van der Waals surface area (Å²) in [6, 6.07) is 16.0. The normalized spacial score (nSPS) is 17.6. The van der Waals surface area contributed by atoms with E-state index in [9.17, 15) is 4.79 Å². The number of benzene rings is 1. The highest BCUT2D eigenvalue weighted by molar-refractivity contribution is 5.99. The maximum absolute atomic E-state index is 13.3. The van der Waals surface area contributed by atoms with Crippen LogP contribution in [0.3, 0.4) is 0 Å². The van der Waals surface area contributed by atoms with E-state index in [1.54, 1.807) is 0 Å². The summed E-state index contributed by atoms with van der Waals surface area (Å²) in [6.45, 7) is 6.01. The molecule has 1 amide bonds. The van der Waals surface area contributed by atoms with E-state index in [-0.39, 0.29) is 12.0 Å². The summed E-state index contributed by atoms with van der Waals surface area (Å²) in [7, 11) is 0. The maximum Gasteiger partial charge on any atom is 0.274 e. The molecule has 0 spiro atoms. The molecule has 5 heteroatoms. The number of amides is 1. The average molecular weight is 363 g/mol. The molecule has 1 aliphatic heterocycles. The van der Waals surface area contributed by atoms with E-state index in [1.165, 1.54) is 0 Å². The monoisotopic (exact) mass is 363 g/mol. The Hall–Kier alpha value is -2.66. The number of pyridine rings is 1. The highest BCUT2D eigenvalue weighted by atomic mass is 16.5. The molecule has 3 aromatic rings. The van der Waals surface area contributed by atoms with E-state index in [0.717, 1.165) is 23.3 Å². The molecule has 27 heavy (non-hydrogen) atoms. The first-order valence-corrected chi connectivity index (χ1v) is 9.55. The number of hydrogen-bond acceptors (Lipinski definition) is 3. The van der Waals surface area contributed by atoms with Gasteiger partial charge in [0.2, 0.25) is 0 Å². The molecule has 1 unspecified atom stereocenters. The van der Waals surface area contributed by atoms with E-state index in [4.69, 9.17) is 9.72 Å². The second-order valence-electron chi connectivity index (χ2n) is 7.45. The minimum absolute atomic E-state index is 0.0158. The number of imidazole rings is 1. The number of carbonyl (C=O) groups is 1. The van der Waals surface area contributed by atoms with Crippen LogP contribution < -0.4 is 0 Å². The summed E-state index contributed by atoms with van der Waals surface area (Å²) < 4.78 is 7.95. The highest BCUT2D eigenvalue weighted by Gasteiger charge is 2.29. The van der Waals surface area contributed by atoms with Gasteiger partial charge in [-0.2, -0.15) is 0 Å². The SMILES string of the molecule is CC(C)Cc1nc(C(=O)N2CCOC(c3ccccc3)C2)c2ccccn12. The lowest BCUT2D eigenvalue weighted by Crippen LogP contribution is -2.42. The maximum atomic E-state index is 13.3. The van der Waals surface area contributed by atoms with Gasteiger partial charge < -0.3 is 14.0 Å². The number of fused-ring (bicyclic) bond motifs is 1. The van der Waals surface area contributed by atoms with Gasteiger partial charge in [0.1, 0.15) is 11.9 Å². The van der Waals surface area contributed by atoms with E-state index < -0.39 is 0 Å². The molecule has 4 rings (SSSR count). The third-order valence-corrected chi connectivity index (χ3v) is 4.94. The number of aromatic nitrogens is 2. The molecule has 140 valence electrons. The zero-order valence-corrected chi connectivity index (χ0v) is 15.8. The third-order valence-electron chi connectivity index (χ3n) is 4.94. The lowest BCUT2D eigenvalue weighted by molar-refractivity contribution is -0.0229. The Kier molecular flexibility index (Phi) is 4.94. The first-order valence-electron chi connectivity index (χ1n) is 9.55. The van der Waals surface area contributed by atoms with Gasteiger partial charge in [0, 0.05) is 19.2 Å². The van der Waals surface area contributed by atoms with Crippen LogP contribution in [0.15, 0.2) is 54.7 Å². The topological polar surface area (TPSA) is 46.8 Å². The quantitative estimate of drug-likeness (QED) is 0.709. The van der Waals surface area contributed by atoms with Crippen molar-refractivity contribution < 1.29 is 9.53 Å². The molecule has 0 saturated carbocycles. The van der Waals surface area contributed by atoms with E-state index in [0.29, 0.717) is 31.3 Å². The Bertz CT molecular complexity index is 933. The second kappa shape index (κ2) is 7.53. The Morgan fingerprint density at radius 1 is 1.19 bits per heavy atom. The van der Waals surface area contributed by atoms with Crippen molar-refractivity contribution in [2.75, 3.05) is 19.7 Å². The van der Waals surface area contributed by atoms with Gasteiger partial charge in [-0.15, -0.1) is 0 Å². The average Bonchev–Trinajstić information content (AvgIpc) is 3.06.